The molecule has 148 valence electrons. The molecule has 0 unspecified atom stereocenters. The van der Waals surface area contributed by atoms with Crippen molar-refractivity contribution in [3.8, 4) is 5.75 Å². The van der Waals surface area contributed by atoms with Gasteiger partial charge in [0.2, 0.25) is 0 Å². The number of hydrogen-bond donors (Lipinski definition) is 0. The summed E-state index contributed by atoms with van der Waals surface area (Å²) in [6, 6.07) is 4.09. The summed E-state index contributed by atoms with van der Waals surface area (Å²) in [5, 5.41) is 0. The molecule has 1 heterocycles. The molecule has 1 aromatic carbocycles. The van der Waals surface area contributed by atoms with Gasteiger partial charge in [-0.25, -0.2) is 14.0 Å². The lowest BCUT2D eigenvalue weighted by Gasteiger charge is -2.26. The van der Waals surface area contributed by atoms with Gasteiger partial charge in [0.25, 0.3) is 0 Å². The minimum Gasteiger partial charge on any atom is -0.488 e. The molecule has 0 atom stereocenters. The highest BCUT2D eigenvalue weighted by Gasteiger charge is 2.30. The van der Waals surface area contributed by atoms with Gasteiger partial charge in [-0.15, -0.1) is 0 Å². The summed E-state index contributed by atoms with van der Waals surface area (Å²) in [6.07, 6.45) is 10.2. The zero-order valence-electron chi connectivity index (χ0n) is 15.8. The van der Waals surface area contributed by atoms with Crippen LogP contribution in [0.25, 0.3) is 0 Å². The molecule has 1 fully saturated rings. The van der Waals surface area contributed by atoms with E-state index in [2.05, 4.69) is 0 Å². The highest BCUT2D eigenvalue weighted by Crippen LogP contribution is 2.37. The van der Waals surface area contributed by atoms with Crippen molar-refractivity contribution >= 4 is 17.6 Å². The molecule has 1 aromatic rings. The van der Waals surface area contributed by atoms with Crippen LogP contribution in [0.1, 0.15) is 25.7 Å². The summed E-state index contributed by atoms with van der Waals surface area (Å²) in [6.45, 7) is 0. The van der Waals surface area contributed by atoms with Gasteiger partial charge in [-0.1, -0.05) is 6.08 Å². The van der Waals surface area contributed by atoms with Crippen LogP contribution in [0.4, 0.5) is 10.1 Å². The molecule has 3 rings (SSSR count). The largest absolute Gasteiger partial charge is 0.488 e. The second-order valence-electron chi connectivity index (χ2n) is 6.45. The van der Waals surface area contributed by atoms with Gasteiger partial charge in [-0.05, 0) is 50.0 Å². The number of hydrogen-bond acceptors (Lipinski definition) is 6. The summed E-state index contributed by atoms with van der Waals surface area (Å²) < 4.78 is 29.9. The van der Waals surface area contributed by atoms with Crippen LogP contribution in [-0.2, 0) is 19.1 Å². The summed E-state index contributed by atoms with van der Waals surface area (Å²) >= 11 is 0. The van der Waals surface area contributed by atoms with Gasteiger partial charge < -0.3 is 19.1 Å². The second kappa shape index (κ2) is 8.73. The summed E-state index contributed by atoms with van der Waals surface area (Å²) in [5.74, 6) is -1.54. The highest BCUT2D eigenvalue weighted by molar-refractivity contribution is 6.05. The molecule has 1 aliphatic carbocycles. The van der Waals surface area contributed by atoms with Gasteiger partial charge in [0, 0.05) is 12.3 Å². The van der Waals surface area contributed by atoms with Crippen LogP contribution in [-0.4, -0.2) is 32.3 Å². The smallest absolute Gasteiger partial charge is 0.355 e. The first-order valence-electron chi connectivity index (χ1n) is 9.06. The Balaban J connectivity index is 2.12. The monoisotopic (exact) mass is 387 g/mol. The number of methoxy groups -OCH3 is 2. The van der Waals surface area contributed by atoms with Gasteiger partial charge in [-0.2, -0.15) is 0 Å². The molecule has 0 radical (unpaired) electrons. The van der Waals surface area contributed by atoms with Crippen molar-refractivity contribution in [2.24, 2.45) is 0 Å². The van der Waals surface area contributed by atoms with Crippen molar-refractivity contribution in [2.75, 3.05) is 19.1 Å². The Kier molecular flexibility index (Phi) is 6.13. The lowest BCUT2D eigenvalue weighted by atomic mass is 10.1. The van der Waals surface area contributed by atoms with Gasteiger partial charge in [0.15, 0.2) is 0 Å². The number of carbonyl (C=O) groups is 2. The third kappa shape index (κ3) is 4.08. The third-order valence-corrected chi connectivity index (χ3v) is 4.67. The van der Waals surface area contributed by atoms with Gasteiger partial charge in [-0.3, -0.25) is 0 Å². The van der Waals surface area contributed by atoms with E-state index in [1.54, 1.807) is 18.4 Å². The van der Waals surface area contributed by atoms with Gasteiger partial charge in [0.05, 0.1) is 31.6 Å². The first-order chi connectivity index (χ1) is 13.5. The Hall–Kier alpha value is -3.09. The van der Waals surface area contributed by atoms with Crippen LogP contribution >= 0.6 is 0 Å². The molecule has 28 heavy (non-hydrogen) atoms. The maximum Gasteiger partial charge on any atom is 0.355 e. The zero-order valence-corrected chi connectivity index (χ0v) is 15.8. The molecular formula is C21H22FNO5. The molecular weight excluding hydrogens is 365 g/mol. The molecule has 0 aromatic heterocycles. The maximum absolute atomic E-state index is 14.1. The Morgan fingerprint density at radius 3 is 2.46 bits per heavy atom. The van der Waals surface area contributed by atoms with Crippen LogP contribution in [0.15, 0.2) is 53.9 Å². The maximum atomic E-state index is 14.1. The summed E-state index contributed by atoms with van der Waals surface area (Å²) in [5.41, 5.74) is 0.213. The predicted molar refractivity (Wildman–Crippen MR) is 101 cm³/mol. The highest BCUT2D eigenvalue weighted by atomic mass is 19.1. The standard InChI is InChI=1S/C21H22FNO5/c1-26-20(24)16-9-5-6-12-23(19(16)21(25)27-2)17-13-14(22)10-11-18(17)28-15-7-3-4-8-15/h5-6,9-13,15H,3-4,7-8H2,1-2H3. The average Bonchev–Trinajstić information content (AvgIpc) is 3.11. The van der Waals surface area contributed by atoms with Crippen molar-refractivity contribution in [1.82, 2.24) is 0 Å². The molecule has 7 heteroatoms. The molecule has 0 saturated heterocycles. The Morgan fingerprint density at radius 2 is 1.79 bits per heavy atom. The minimum atomic E-state index is -0.757. The molecule has 6 nitrogen and oxygen atoms in total. The fraction of sp³-hybridized carbons (Fsp3) is 0.333. The summed E-state index contributed by atoms with van der Waals surface area (Å²) in [4.78, 5) is 26.2. The minimum absolute atomic E-state index is 0.00423. The number of halogens is 1. The molecule has 0 N–H and O–H groups in total. The zero-order chi connectivity index (χ0) is 20.1. The normalized spacial score (nSPS) is 16.9. The average molecular weight is 387 g/mol. The van der Waals surface area contributed by atoms with Crippen molar-refractivity contribution in [3.05, 3.63) is 59.7 Å². The van der Waals surface area contributed by atoms with E-state index in [1.165, 1.54) is 43.4 Å². The third-order valence-electron chi connectivity index (χ3n) is 4.67. The van der Waals surface area contributed by atoms with Crippen molar-refractivity contribution in [1.29, 1.82) is 0 Å². The SMILES string of the molecule is COC(=O)C1=C(C(=O)OC)N(c2cc(F)ccc2OC2CCCC2)C=CC=C1. The van der Waals surface area contributed by atoms with Crippen LogP contribution in [0.3, 0.4) is 0 Å². The van der Waals surface area contributed by atoms with Crippen LogP contribution in [0.2, 0.25) is 0 Å². The van der Waals surface area contributed by atoms with Crippen LogP contribution < -0.4 is 9.64 Å². The molecule has 0 bridgehead atoms. The van der Waals surface area contributed by atoms with E-state index in [9.17, 15) is 14.0 Å². The van der Waals surface area contributed by atoms with Gasteiger partial charge >= 0.3 is 11.9 Å². The Morgan fingerprint density at radius 1 is 1.07 bits per heavy atom. The number of anilines is 1. The summed E-state index contributed by atoms with van der Waals surface area (Å²) in [7, 11) is 2.43. The molecule has 1 aliphatic heterocycles. The van der Waals surface area contributed by atoms with Crippen molar-refractivity contribution in [3.63, 3.8) is 0 Å². The molecule has 1 saturated carbocycles. The molecule has 0 spiro atoms. The number of rotatable bonds is 5. The number of benzene rings is 1. The lowest BCUT2D eigenvalue weighted by Crippen LogP contribution is -2.27. The quantitative estimate of drug-likeness (QED) is 0.719. The van der Waals surface area contributed by atoms with Crippen LogP contribution in [0, 0.1) is 5.82 Å². The predicted octanol–water partition coefficient (Wildman–Crippen LogP) is 3.64. The van der Waals surface area contributed by atoms with Crippen LogP contribution in [0.5, 0.6) is 5.75 Å². The van der Waals surface area contributed by atoms with E-state index < -0.39 is 17.8 Å². The fourth-order valence-electron chi connectivity index (χ4n) is 3.32. The number of ether oxygens (including phenoxy) is 3. The topological polar surface area (TPSA) is 65.1 Å². The van der Waals surface area contributed by atoms with E-state index >= 15 is 0 Å². The lowest BCUT2D eigenvalue weighted by molar-refractivity contribution is -0.139. The molecule has 2 aliphatic rings. The first kappa shape index (κ1) is 19.7. The fourth-order valence-corrected chi connectivity index (χ4v) is 3.32. The first-order valence-corrected chi connectivity index (χ1v) is 9.06. The van der Waals surface area contributed by atoms with Crippen molar-refractivity contribution < 1.29 is 28.2 Å². The Bertz CT molecular complexity index is 852. The number of carbonyl (C=O) groups excluding carboxylic acids is 2. The number of allylic oxidation sites excluding steroid dienone is 2. The van der Waals surface area contributed by atoms with E-state index in [1.807, 2.05) is 0 Å². The molecule has 0 amide bonds. The van der Waals surface area contributed by atoms with Crippen molar-refractivity contribution in [2.45, 2.75) is 31.8 Å². The second-order valence-corrected chi connectivity index (χ2v) is 6.45. The number of nitrogens with zero attached hydrogens (tertiary/aromatic N) is 1. The van der Waals surface area contributed by atoms with E-state index in [4.69, 9.17) is 14.2 Å². The van der Waals surface area contributed by atoms with Gasteiger partial charge in [0.1, 0.15) is 17.3 Å². The Labute approximate surface area is 162 Å². The number of esters is 2. The van der Waals surface area contributed by atoms with E-state index in [-0.39, 0.29) is 17.4 Å². The van der Waals surface area contributed by atoms with E-state index in [0.29, 0.717) is 11.4 Å². The van der Waals surface area contributed by atoms with E-state index in [0.717, 1.165) is 25.7 Å².